The smallest absolute Gasteiger partial charge is 0.338 e. The summed E-state index contributed by atoms with van der Waals surface area (Å²) in [5, 5.41) is 3.40. The molecule has 2 aromatic rings. The van der Waals surface area contributed by atoms with Gasteiger partial charge in [-0.15, -0.1) is 11.3 Å². The standard InChI is InChI=1S/C16H19NO2S/c1-10-8-13(12(3)20-10)9-17-15-7-5-6-14(11(15)2)16(18)19-4/h5-8,17H,9H2,1-4H3. The molecule has 0 aliphatic rings. The maximum Gasteiger partial charge on any atom is 0.338 e. The van der Waals surface area contributed by atoms with Gasteiger partial charge in [0, 0.05) is 22.0 Å². The highest BCUT2D eigenvalue weighted by Gasteiger charge is 2.12. The molecule has 0 amide bonds. The van der Waals surface area contributed by atoms with Crippen LogP contribution in [0.2, 0.25) is 0 Å². The number of hydrogen-bond donors (Lipinski definition) is 1. The summed E-state index contributed by atoms with van der Waals surface area (Å²) in [6, 6.07) is 7.84. The number of hydrogen-bond acceptors (Lipinski definition) is 4. The van der Waals surface area contributed by atoms with Crippen LogP contribution in [-0.4, -0.2) is 13.1 Å². The Morgan fingerprint density at radius 2 is 2.05 bits per heavy atom. The van der Waals surface area contributed by atoms with Gasteiger partial charge in [-0.1, -0.05) is 6.07 Å². The fourth-order valence-corrected chi connectivity index (χ4v) is 3.15. The van der Waals surface area contributed by atoms with Crippen LogP contribution in [0.3, 0.4) is 0 Å². The number of ether oxygens (including phenoxy) is 1. The van der Waals surface area contributed by atoms with Crippen molar-refractivity contribution in [3.05, 3.63) is 50.7 Å². The molecular formula is C16H19NO2S. The minimum Gasteiger partial charge on any atom is -0.465 e. The van der Waals surface area contributed by atoms with Gasteiger partial charge in [0.05, 0.1) is 12.7 Å². The Labute approximate surface area is 123 Å². The lowest BCUT2D eigenvalue weighted by molar-refractivity contribution is 0.0600. The van der Waals surface area contributed by atoms with Crippen LogP contribution in [0.15, 0.2) is 24.3 Å². The van der Waals surface area contributed by atoms with Crippen molar-refractivity contribution < 1.29 is 9.53 Å². The molecular weight excluding hydrogens is 270 g/mol. The molecule has 0 radical (unpaired) electrons. The second-order valence-electron chi connectivity index (χ2n) is 4.76. The van der Waals surface area contributed by atoms with Crippen molar-refractivity contribution in [2.45, 2.75) is 27.3 Å². The monoisotopic (exact) mass is 289 g/mol. The van der Waals surface area contributed by atoms with Crippen molar-refractivity contribution in [2.75, 3.05) is 12.4 Å². The fraction of sp³-hybridized carbons (Fsp3) is 0.312. The summed E-state index contributed by atoms with van der Waals surface area (Å²) in [6.45, 7) is 6.94. The van der Waals surface area contributed by atoms with Crippen LogP contribution in [0.4, 0.5) is 5.69 Å². The minimum absolute atomic E-state index is 0.297. The van der Waals surface area contributed by atoms with Crippen molar-refractivity contribution in [3.8, 4) is 0 Å². The molecule has 1 aromatic heterocycles. The van der Waals surface area contributed by atoms with E-state index in [0.29, 0.717) is 5.56 Å². The van der Waals surface area contributed by atoms with Gasteiger partial charge < -0.3 is 10.1 Å². The van der Waals surface area contributed by atoms with E-state index in [2.05, 4.69) is 25.2 Å². The molecule has 1 aromatic carbocycles. The van der Waals surface area contributed by atoms with Gasteiger partial charge in [0.2, 0.25) is 0 Å². The summed E-state index contributed by atoms with van der Waals surface area (Å²) >= 11 is 1.81. The van der Waals surface area contributed by atoms with E-state index in [-0.39, 0.29) is 5.97 Å². The first kappa shape index (κ1) is 14.6. The Kier molecular flexibility index (Phi) is 4.45. The summed E-state index contributed by atoms with van der Waals surface area (Å²) in [4.78, 5) is 14.3. The van der Waals surface area contributed by atoms with Gasteiger partial charge >= 0.3 is 5.97 Å². The van der Waals surface area contributed by atoms with Crippen molar-refractivity contribution >= 4 is 23.0 Å². The average molecular weight is 289 g/mol. The zero-order valence-electron chi connectivity index (χ0n) is 12.2. The molecule has 0 saturated heterocycles. The molecule has 1 heterocycles. The lowest BCUT2D eigenvalue weighted by Crippen LogP contribution is -2.07. The highest BCUT2D eigenvalue weighted by molar-refractivity contribution is 7.12. The van der Waals surface area contributed by atoms with Crippen LogP contribution in [0.1, 0.15) is 31.2 Å². The number of aryl methyl sites for hydroxylation is 2. The largest absolute Gasteiger partial charge is 0.465 e. The number of carbonyl (C=O) groups excluding carboxylic acids is 1. The number of nitrogens with one attached hydrogen (secondary N) is 1. The van der Waals surface area contributed by atoms with Gasteiger partial charge in [0.25, 0.3) is 0 Å². The van der Waals surface area contributed by atoms with E-state index < -0.39 is 0 Å². The lowest BCUT2D eigenvalue weighted by atomic mass is 10.1. The number of esters is 1. The van der Waals surface area contributed by atoms with E-state index in [1.165, 1.54) is 22.4 Å². The molecule has 0 bridgehead atoms. The topological polar surface area (TPSA) is 38.3 Å². The first-order chi connectivity index (χ1) is 9.52. The average Bonchev–Trinajstić information content (AvgIpc) is 2.75. The van der Waals surface area contributed by atoms with Gasteiger partial charge in [-0.05, 0) is 50.1 Å². The number of benzene rings is 1. The summed E-state index contributed by atoms with van der Waals surface area (Å²) in [6.07, 6.45) is 0. The SMILES string of the molecule is COC(=O)c1cccc(NCc2cc(C)sc2C)c1C. The first-order valence-corrected chi connectivity index (χ1v) is 7.32. The second kappa shape index (κ2) is 6.09. The molecule has 0 atom stereocenters. The van der Waals surface area contributed by atoms with E-state index in [9.17, 15) is 4.79 Å². The zero-order chi connectivity index (χ0) is 14.7. The van der Waals surface area contributed by atoms with Crippen molar-refractivity contribution in [3.63, 3.8) is 0 Å². The number of methoxy groups -OCH3 is 1. The Morgan fingerprint density at radius 3 is 2.65 bits per heavy atom. The third kappa shape index (κ3) is 3.02. The summed E-state index contributed by atoms with van der Waals surface area (Å²) in [5.41, 5.74) is 3.80. The zero-order valence-corrected chi connectivity index (χ0v) is 13.1. The third-order valence-electron chi connectivity index (χ3n) is 3.35. The van der Waals surface area contributed by atoms with E-state index in [1.807, 2.05) is 19.1 Å². The molecule has 0 unspecified atom stereocenters. The molecule has 3 nitrogen and oxygen atoms in total. The van der Waals surface area contributed by atoms with Crippen LogP contribution in [0.25, 0.3) is 0 Å². The van der Waals surface area contributed by atoms with Gasteiger partial charge in [-0.25, -0.2) is 4.79 Å². The molecule has 0 saturated carbocycles. The maximum atomic E-state index is 11.7. The van der Waals surface area contributed by atoms with Crippen molar-refractivity contribution in [1.29, 1.82) is 0 Å². The predicted molar refractivity (Wildman–Crippen MR) is 83.6 cm³/mol. The molecule has 0 spiro atoms. The summed E-state index contributed by atoms with van der Waals surface area (Å²) < 4.78 is 4.79. The van der Waals surface area contributed by atoms with Crippen LogP contribution < -0.4 is 5.32 Å². The quantitative estimate of drug-likeness (QED) is 0.862. The van der Waals surface area contributed by atoms with E-state index in [4.69, 9.17) is 4.74 Å². The molecule has 1 N–H and O–H groups in total. The van der Waals surface area contributed by atoms with E-state index in [1.54, 1.807) is 17.4 Å². The van der Waals surface area contributed by atoms with Crippen LogP contribution in [-0.2, 0) is 11.3 Å². The number of anilines is 1. The number of thiophene rings is 1. The fourth-order valence-electron chi connectivity index (χ4n) is 2.21. The number of rotatable bonds is 4. The normalized spacial score (nSPS) is 10.4. The molecule has 2 rings (SSSR count). The van der Waals surface area contributed by atoms with Gasteiger partial charge in [-0.3, -0.25) is 0 Å². The Hall–Kier alpha value is -1.81. The first-order valence-electron chi connectivity index (χ1n) is 6.50. The molecule has 0 aliphatic heterocycles. The second-order valence-corrected chi connectivity index (χ2v) is 6.22. The van der Waals surface area contributed by atoms with Crippen LogP contribution >= 0.6 is 11.3 Å². The highest BCUT2D eigenvalue weighted by atomic mass is 32.1. The molecule has 0 aliphatic carbocycles. The van der Waals surface area contributed by atoms with Crippen molar-refractivity contribution in [1.82, 2.24) is 0 Å². The van der Waals surface area contributed by atoms with Gasteiger partial charge in [0.15, 0.2) is 0 Å². The van der Waals surface area contributed by atoms with Gasteiger partial charge in [0.1, 0.15) is 0 Å². The van der Waals surface area contributed by atoms with Crippen molar-refractivity contribution in [2.24, 2.45) is 0 Å². The minimum atomic E-state index is -0.297. The Balaban J connectivity index is 2.18. The summed E-state index contributed by atoms with van der Waals surface area (Å²) in [7, 11) is 1.40. The van der Waals surface area contributed by atoms with E-state index in [0.717, 1.165) is 17.8 Å². The molecule has 20 heavy (non-hydrogen) atoms. The highest BCUT2D eigenvalue weighted by Crippen LogP contribution is 2.24. The van der Waals surface area contributed by atoms with Crippen LogP contribution in [0, 0.1) is 20.8 Å². The maximum absolute atomic E-state index is 11.7. The van der Waals surface area contributed by atoms with Gasteiger partial charge in [-0.2, -0.15) is 0 Å². The summed E-state index contributed by atoms with van der Waals surface area (Å²) in [5.74, 6) is -0.297. The lowest BCUT2D eigenvalue weighted by Gasteiger charge is -2.12. The Morgan fingerprint density at radius 1 is 1.30 bits per heavy atom. The predicted octanol–water partition coefficient (Wildman–Crippen LogP) is 4.07. The molecule has 0 fully saturated rings. The van der Waals surface area contributed by atoms with E-state index >= 15 is 0 Å². The molecule has 4 heteroatoms. The third-order valence-corrected chi connectivity index (χ3v) is 4.36. The Bertz CT molecular complexity index is 631. The number of carbonyl (C=O) groups is 1. The van der Waals surface area contributed by atoms with Crippen LogP contribution in [0.5, 0.6) is 0 Å². The molecule has 106 valence electrons.